The van der Waals surface area contributed by atoms with Crippen molar-refractivity contribution in [3.05, 3.63) is 22.2 Å². The molecular formula is C9H6BrNO4. The van der Waals surface area contributed by atoms with Crippen LogP contribution in [-0.4, -0.2) is 23.6 Å². The van der Waals surface area contributed by atoms with Crippen LogP contribution in [0.4, 0.5) is 5.69 Å². The first-order chi connectivity index (χ1) is 7.08. The van der Waals surface area contributed by atoms with Crippen LogP contribution in [0.3, 0.4) is 0 Å². The Hall–Kier alpha value is -1.56. The van der Waals surface area contributed by atoms with E-state index in [4.69, 9.17) is 9.84 Å². The van der Waals surface area contributed by atoms with Gasteiger partial charge in [-0.25, -0.2) is 4.79 Å². The number of carboxylic acid groups (broad SMARTS) is 1. The summed E-state index contributed by atoms with van der Waals surface area (Å²) in [5.74, 6) is -1.10. The first-order valence-corrected chi connectivity index (χ1v) is 4.86. The fourth-order valence-electron chi connectivity index (χ4n) is 1.31. The molecule has 1 aromatic carbocycles. The molecule has 6 heteroatoms. The number of aromatic carboxylic acids is 1. The van der Waals surface area contributed by atoms with Crippen molar-refractivity contribution < 1.29 is 19.4 Å². The third-order valence-electron chi connectivity index (χ3n) is 1.92. The van der Waals surface area contributed by atoms with Gasteiger partial charge in [-0.2, -0.15) is 0 Å². The number of halogens is 1. The fourth-order valence-corrected chi connectivity index (χ4v) is 1.75. The molecule has 0 unspecified atom stereocenters. The molecule has 0 aliphatic carbocycles. The Kier molecular flexibility index (Phi) is 2.36. The maximum atomic E-state index is 11.0. The van der Waals surface area contributed by atoms with Gasteiger partial charge in [0.25, 0.3) is 5.91 Å². The van der Waals surface area contributed by atoms with E-state index in [0.717, 1.165) is 0 Å². The number of carbonyl (C=O) groups excluding carboxylic acids is 1. The van der Waals surface area contributed by atoms with E-state index in [9.17, 15) is 9.59 Å². The van der Waals surface area contributed by atoms with Crippen LogP contribution in [0.2, 0.25) is 0 Å². The zero-order valence-electron chi connectivity index (χ0n) is 7.41. The van der Waals surface area contributed by atoms with Gasteiger partial charge < -0.3 is 15.2 Å². The average Bonchev–Trinajstić information content (AvgIpc) is 2.17. The molecule has 0 saturated carbocycles. The third kappa shape index (κ3) is 1.80. The molecule has 1 heterocycles. The predicted molar refractivity (Wildman–Crippen MR) is 55.2 cm³/mol. The lowest BCUT2D eigenvalue weighted by molar-refractivity contribution is -0.118. The number of hydrogen-bond acceptors (Lipinski definition) is 3. The van der Waals surface area contributed by atoms with Crippen molar-refractivity contribution in [3.8, 4) is 5.75 Å². The Balaban J connectivity index is 2.60. The molecule has 15 heavy (non-hydrogen) atoms. The van der Waals surface area contributed by atoms with Crippen LogP contribution in [0.1, 0.15) is 10.4 Å². The summed E-state index contributed by atoms with van der Waals surface area (Å²) in [6, 6.07) is 3.03. The van der Waals surface area contributed by atoms with E-state index in [1.165, 1.54) is 6.07 Å². The number of rotatable bonds is 1. The van der Waals surface area contributed by atoms with Crippen molar-refractivity contribution in [1.82, 2.24) is 0 Å². The maximum Gasteiger partial charge on any atom is 0.337 e. The molecule has 0 bridgehead atoms. The van der Waals surface area contributed by atoms with Crippen LogP contribution in [0, 0.1) is 0 Å². The summed E-state index contributed by atoms with van der Waals surface area (Å²) in [5, 5.41) is 11.4. The second-order valence-corrected chi connectivity index (χ2v) is 3.88. The van der Waals surface area contributed by atoms with Gasteiger partial charge in [-0.15, -0.1) is 0 Å². The number of ether oxygens (including phenoxy) is 1. The van der Waals surface area contributed by atoms with Crippen molar-refractivity contribution >= 4 is 33.5 Å². The van der Waals surface area contributed by atoms with Crippen molar-refractivity contribution in [2.24, 2.45) is 0 Å². The van der Waals surface area contributed by atoms with Gasteiger partial charge in [-0.3, -0.25) is 4.79 Å². The van der Waals surface area contributed by atoms with E-state index in [0.29, 0.717) is 10.2 Å². The second kappa shape index (κ2) is 3.54. The Morgan fingerprint density at radius 1 is 1.53 bits per heavy atom. The van der Waals surface area contributed by atoms with Crippen LogP contribution in [-0.2, 0) is 4.79 Å². The number of carbonyl (C=O) groups is 2. The second-order valence-electron chi connectivity index (χ2n) is 2.97. The number of anilines is 1. The summed E-state index contributed by atoms with van der Waals surface area (Å²) in [4.78, 5) is 21.9. The molecule has 0 radical (unpaired) electrons. The van der Waals surface area contributed by atoms with Crippen LogP contribution in [0.5, 0.6) is 5.75 Å². The summed E-state index contributed by atoms with van der Waals surface area (Å²) in [7, 11) is 0. The monoisotopic (exact) mass is 271 g/mol. The first kappa shape index (κ1) is 9.97. The highest BCUT2D eigenvalue weighted by atomic mass is 79.9. The molecule has 0 fully saturated rings. The van der Waals surface area contributed by atoms with Gasteiger partial charge in [0, 0.05) is 4.47 Å². The number of fused-ring (bicyclic) bond motifs is 1. The summed E-state index contributed by atoms with van der Waals surface area (Å²) in [5.41, 5.74) is 0.217. The highest BCUT2D eigenvalue weighted by Gasteiger charge is 2.23. The Morgan fingerprint density at radius 2 is 2.27 bits per heavy atom. The van der Waals surface area contributed by atoms with Gasteiger partial charge >= 0.3 is 5.97 Å². The normalized spacial score (nSPS) is 13.8. The smallest absolute Gasteiger partial charge is 0.337 e. The van der Waals surface area contributed by atoms with E-state index in [1.807, 2.05) is 0 Å². The van der Waals surface area contributed by atoms with Crippen molar-refractivity contribution in [2.45, 2.75) is 0 Å². The SMILES string of the molecule is O=C1COc2cc(Br)cc(C(=O)O)c2N1. The van der Waals surface area contributed by atoms with Crippen LogP contribution in [0.15, 0.2) is 16.6 Å². The molecule has 5 nitrogen and oxygen atoms in total. The highest BCUT2D eigenvalue weighted by molar-refractivity contribution is 9.10. The summed E-state index contributed by atoms with van der Waals surface area (Å²) < 4.78 is 5.69. The lowest BCUT2D eigenvalue weighted by Gasteiger charge is -2.19. The highest BCUT2D eigenvalue weighted by Crippen LogP contribution is 2.34. The molecule has 0 aromatic heterocycles. The van der Waals surface area contributed by atoms with E-state index in [2.05, 4.69) is 21.2 Å². The number of carboxylic acids is 1. The van der Waals surface area contributed by atoms with Crippen molar-refractivity contribution in [2.75, 3.05) is 11.9 Å². The van der Waals surface area contributed by atoms with Gasteiger partial charge in [0.05, 0.1) is 11.3 Å². The minimum Gasteiger partial charge on any atom is -0.482 e. The summed E-state index contributed by atoms with van der Waals surface area (Å²) in [6.45, 7) is -0.0947. The lowest BCUT2D eigenvalue weighted by atomic mass is 10.1. The van der Waals surface area contributed by atoms with Crippen molar-refractivity contribution in [3.63, 3.8) is 0 Å². The molecule has 2 N–H and O–H groups in total. The molecule has 1 amide bonds. The molecule has 1 aromatic rings. The Morgan fingerprint density at radius 3 is 2.93 bits per heavy atom. The molecule has 0 atom stereocenters. The average molecular weight is 272 g/mol. The Labute approximate surface area is 93.2 Å². The minimum atomic E-state index is -1.11. The van der Waals surface area contributed by atoms with Gasteiger partial charge in [-0.05, 0) is 12.1 Å². The molecule has 0 saturated heterocycles. The standard InChI is InChI=1S/C9H6BrNO4/c10-4-1-5(9(13)14)8-6(2-4)15-3-7(12)11-8/h1-2H,3H2,(H,11,12)(H,13,14). The fraction of sp³-hybridized carbons (Fsp3) is 0.111. The zero-order chi connectivity index (χ0) is 11.0. The van der Waals surface area contributed by atoms with Gasteiger partial charge in [-0.1, -0.05) is 15.9 Å². The third-order valence-corrected chi connectivity index (χ3v) is 2.38. The molecular weight excluding hydrogens is 266 g/mol. The van der Waals surface area contributed by atoms with Gasteiger partial charge in [0.15, 0.2) is 6.61 Å². The summed E-state index contributed by atoms with van der Waals surface area (Å²) in [6.07, 6.45) is 0. The van der Waals surface area contributed by atoms with E-state index in [-0.39, 0.29) is 23.8 Å². The van der Waals surface area contributed by atoms with E-state index < -0.39 is 5.97 Å². The molecule has 2 rings (SSSR count). The first-order valence-electron chi connectivity index (χ1n) is 4.07. The quantitative estimate of drug-likeness (QED) is 0.811. The number of nitrogens with one attached hydrogen (secondary N) is 1. The van der Waals surface area contributed by atoms with Gasteiger partial charge in [0.1, 0.15) is 5.75 Å². The number of amides is 1. The minimum absolute atomic E-state index is 0.00688. The van der Waals surface area contributed by atoms with E-state index >= 15 is 0 Å². The topological polar surface area (TPSA) is 75.6 Å². The molecule has 0 spiro atoms. The molecule has 1 aliphatic rings. The van der Waals surface area contributed by atoms with E-state index in [1.54, 1.807) is 6.07 Å². The van der Waals surface area contributed by atoms with Crippen LogP contribution >= 0.6 is 15.9 Å². The van der Waals surface area contributed by atoms with Crippen LogP contribution in [0.25, 0.3) is 0 Å². The zero-order valence-corrected chi connectivity index (χ0v) is 9.00. The largest absolute Gasteiger partial charge is 0.482 e. The predicted octanol–water partition coefficient (Wildman–Crippen LogP) is 1.48. The van der Waals surface area contributed by atoms with Gasteiger partial charge in [0.2, 0.25) is 0 Å². The molecule has 1 aliphatic heterocycles. The van der Waals surface area contributed by atoms with Crippen molar-refractivity contribution in [1.29, 1.82) is 0 Å². The number of benzene rings is 1. The maximum absolute atomic E-state index is 11.0. The summed E-state index contributed by atoms with van der Waals surface area (Å²) >= 11 is 3.17. The molecule has 78 valence electrons. The number of hydrogen-bond donors (Lipinski definition) is 2. The lowest BCUT2D eigenvalue weighted by Crippen LogP contribution is -2.27. The van der Waals surface area contributed by atoms with Crippen LogP contribution < -0.4 is 10.1 Å². The Bertz CT molecular complexity index is 458.